The molecule has 1 heterocycles. The first-order chi connectivity index (χ1) is 18.8. The van der Waals surface area contributed by atoms with E-state index in [2.05, 4.69) is 23.7 Å². The lowest BCUT2D eigenvalue weighted by Crippen LogP contribution is -2.26. The Bertz CT molecular complexity index is 1550. The van der Waals surface area contributed by atoms with Crippen molar-refractivity contribution in [2.45, 2.75) is 38.9 Å². The number of fused-ring (bicyclic) bond motifs is 1. The number of nitrogens with zero attached hydrogens (tertiary/aromatic N) is 1. The minimum Gasteiger partial charge on any atom is -0.481 e. The number of alkyl halides is 3. The van der Waals surface area contributed by atoms with Crippen LogP contribution in [0.25, 0.3) is 22.0 Å². The Kier molecular flexibility index (Phi) is 8.80. The number of amides is 1. The molecule has 0 fully saturated rings. The van der Waals surface area contributed by atoms with E-state index in [9.17, 15) is 22.8 Å². The summed E-state index contributed by atoms with van der Waals surface area (Å²) in [4.78, 5) is 23.1. The van der Waals surface area contributed by atoms with E-state index in [0.717, 1.165) is 35.0 Å². The highest BCUT2D eigenvalue weighted by Crippen LogP contribution is 2.40. The highest BCUT2D eigenvalue weighted by Gasteiger charge is 2.31. The van der Waals surface area contributed by atoms with Crippen LogP contribution >= 0.6 is 23.2 Å². The van der Waals surface area contributed by atoms with E-state index >= 15 is 0 Å². The Balaban J connectivity index is 1.67. The SMILES string of the molecule is CC(C)CC(c1ccc(C(=O)NCCC(=O)O)cc1)n1ccc2cc(-c3ccc(C(F)(F)F)cc3Cl)c(Cl)cc21. The monoisotopic (exact) mass is 590 g/mol. The van der Waals surface area contributed by atoms with Gasteiger partial charge in [0.05, 0.1) is 28.6 Å². The maximum absolute atomic E-state index is 13.1. The van der Waals surface area contributed by atoms with Gasteiger partial charge in [0.25, 0.3) is 5.91 Å². The van der Waals surface area contributed by atoms with Crippen LogP contribution in [0.15, 0.2) is 66.9 Å². The molecule has 1 amide bonds. The highest BCUT2D eigenvalue weighted by atomic mass is 35.5. The van der Waals surface area contributed by atoms with Crippen molar-refractivity contribution in [3.63, 3.8) is 0 Å². The van der Waals surface area contributed by atoms with Gasteiger partial charge in [-0.25, -0.2) is 0 Å². The number of hydrogen-bond donors (Lipinski definition) is 2. The molecule has 0 spiro atoms. The van der Waals surface area contributed by atoms with Gasteiger partial charge in [-0.1, -0.05) is 55.2 Å². The normalized spacial score (nSPS) is 12.6. The molecule has 3 aromatic carbocycles. The molecular formula is C30H27Cl2F3N2O3. The molecule has 5 nitrogen and oxygen atoms in total. The predicted octanol–water partition coefficient (Wildman–Crippen LogP) is 8.47. The van der Waals surface area contributed by atoms with E-state index in [4.69, 9.17) is 28.3 Å². The average Bonchev–Trinajstić information content (AvgIpc) is 3.28. The molecule has 4 rings (SSSR count). The smallest absolute Gasteiger partial charge is 0.416 e. The Morgan fingerprint density at radius 2 is 1.62 bits per heavy atom. The molecule has 0 saturated heterocycles. The molecule has 0 bridgehead atoms. The summed E-state index contributed by atoms with van der Waals surface area (Å²) in [6.45, 7) is 4.27. The number of nitrogens with one attached hydrogen (secondary N) is 1. The fourth-order valence-electron chi connectivity index (χ4n) is 4.66. The third kappa shape index (κ3) is 6.62. The maximum atomic E-state index is 13.1. The van der Waals surface area contributed by atoms with Gasteiger partial charge < -0.3 is 15.0 Å². The number of carboxylic acids is 1. The zero-order valence-electron chi connectivity index (χ0n) is 21.7. The summed E-state index contributed by atoms with van der Waals surface area (Å²) in [6, 6.07) is 15.8. The number of carbonyl (C=O) groups is 2. The fraction of sp³-hybridized carbons (Fsp3) is 0.267. The van der Waals surface area contributed by atoms with Gasteiger partial charge in [-0.15, -0.1) is 0 Å². The minimum absolute atomic E-state index is 0.0414. The quantitative estimate of drug-likeness (QED) is 0.205. The number of aromatic nitrogens is 1. The topological polar surface area (TPSA) is 71.3 Å². The molecule has 1 aromatic heterocycles. The number of carboxylic acid groups (broad SMARTS) is 1. The van der Waals surface area contributed by atoms with Gasteiger partial charge in [0.1, 0.15) is 0 Å². The Labute approximate surface area is 239 Å². The Morgan fingerprint density at radius 1 is 0.950 bits per heavy atom. The van der Waals surface area contributed by atoms with Crippen LogP contribution in [0.3, 0.4) is 0 Å². The standard InChI is InChI=1S/C30H27Cl2F3N2O3/c1-17(2)13-26(18-3-5-19(6-4-18)29(40)36-11-9-28(38)39)37-12-10-20-14-23(25(32)16-27(20)37)22-8-7-21(15-24(22)31)30(33,34)35/h3-8,10,12,14-17,26H,9,11,13H2,1-2H3,(H,36,40)(H,38,39). The second-order valence-corrected chi connectivity index (χ2v) is 10.8. The molecule has 0 radical (unpaired) electrons. The molecule has 0 aliphatic carbocycles. The Morgan fingerprint density at radius 3 is 2.23 bits per heavy atom. The van der Waals surface area contributed by atoms with Crippen LogP contribution in [0.1, 0.15) is 54.2 Å². The van der Waals surface area contributed by atoms with Crippen molar-refractivity contribution >= 4 is 46.0 Å². The van der Waals surface area contributed by atoms with E-state index in [1.54, 1.807) is 18.2 Å². The van der Waals surface area contributed by atoms with E-state index in [-0.39, 0.29) is 29.9 Å². The molecule has 1 atom stereocenters. The second-order valence-electron chi connectivity index (χ2n) is 9.97. The lowest BCUT2D eigenvalue weighted by Gasteiger charge is -2.23. The van der Waals surface area contributed by atoms with Crippen molar-refractivity contribution in [2.75, 3.05) is 6.54 Å². The summed E-state index contributed by atoms with van der Waals surface area (Å²) in [7, 11) is 0. The first-order valence-corrected chi connectivity index (χ1v) is 13.4. The van der Waals surface area contributed by atoms with Crippen LogP contribution in [0.5, 0.6) is 0 Å². The third-order valence-corrected chi connectivity index (χ3v) is 7.23. The summed E-state index contributed by atoms with van der Waals surface area (Å²) in [6.07, 6.45) is -1.92. The fourth-order valence-corrected chi connectivity index (χ4v) is 5.21. The van der Waals surface area contributed by atoms with Gasteiger partial charge in [-0.05, 0) is 60.4 Å². The van der Waals surface area contributed by atoms with Crippen molar-refractivity contribution in [2.24, 2.45) is 5.92 Å². The summed E-state index contributed by atoms with van der Waals surface area (Å²) < 4.78 is 41.4. The van der Waals surface area contributed by atoms with Gasteiger partial charge in [0.2, 0.25) is 0 Å². The molecule has 210 valence electrons. The summed E-state index contributed by atoms with van der Waals surface area (Å²) in [5.41, 5.74) is 2.35. The van der Waals surface area contributed by atoms with Gasteiger partial charge in [-0.2, -0.15) is 13.2 Å². The number of halogens is 5. The number of hydrogen-bond acceptors (Lipinski definition) is 2. The van der Waals surface area contributed by atoms with Crippen LogP contribution in [0, 0.1) is 5.92 Å². The third-order valence-electron chi connectivity index (χ3n) is 6.61. The molecule has 4 aromatic rings. The van der Waals surface area contributed by atoms with E-state index in [1.165, 1.54) is 6.07 Å². The molecule has 0 aliphatic heterocycles. The van der Waals surface area contributed by atoms with E-state index in [0.29, 0.717) is 27.6 Å². The minimum atomic E-state index is -4.50. The summed E-state index contributed by atoms with van der Waals surface area (Å²) in [5, 5.41) is 12.5. The second kappa shape index (κ2) is 11.9. The van der Waals surface area contributed by atoms with E-state index in [1.807, 2.05) is 30.5 Å². The van der Waals surface area contributed by atoms with E-state index < -0.39 is 17.7 Å². The van der Waals surface area contributed by atoms with Crippen LogP contribution in [0.2, 0.25) is 10.0 Å². The molecule has 2 N–H and O–H groups in total. The number of rotatable bonds is 9. The lowest BCUT2D eigenvalue weighted by molar-refractivity contribution is -0.138. The number of aliphatic carboxylic acids is 1. The van der Waals surface area contributed by atoms with Crippen molar-refractivity contribution in [1.82, 2.24) is 9.88 Å². The molecule has 1 unspecified atom stereocenters. The number of carbonyl (C=O) groups excluding carboxylic acids is 1. The Hall–Kier alpha value is -3.49. The molecule has 40 heavy (non-hydrogen) atoms. The van der Waals surface area contributed by atoms with Crippen molar-refractivity contribution in [1.29, 1.82) is 0 Å². The van der Waals surface area contributed by atoms with Crippen LogP contribution in [-0.2, 0) is 11.0 Å². The van der Waals surface area contributed by atoms with Crippen molar-refractivity contribution in [3.8, 4) is 11.1 Å². The average molecular weight is 591 g/mol. The van der Waals surface area contributed by atoms with Gasteiger partial charge in [0, 0.05) is 39.8 Å². The zero-order valence-corrected chi connectivity index (χ0v) is 23.2. The van der Waals surface area contributed by atoms with Gasteiger partial charge in [0.15, 0.2) is 0 Å². The van der Waals surface area contributed by atoms with Crippen molar-refractivity contribution < 1.29 is 27.9 Å². The maximum Gasteiger partial charge on any atom is 0.416 e. The van der Waals surface area contributed by atoms with Crippen LogP contribution < -0.4 is 5.32 Å². The van der Waals surface area contributed by atoms with Gasteiger partial charge >= 0.3 is 12.1 Å². The molecule has 10 heteroatoms. The lowest BCUT2D eigenvalue weighted by atomic mass is 9.95. The summed E-state index contributed by atoms with van der Waals surface area (Å²) in [5.74, 6) is -0.996. The first-order valence-electron chi connectivity index (χ1n) is 12.6. The largest absolute Gasteiger partial charge is 0.481 e. The first kappa shape index (κ1) is 29.5. The van der Waals surface area contributed by atoms with Crippen molar-refractivity contribution in [3.05, 3.63) is 93.6 Å². The molecule has 0 saturated carbocycles. The van der Waals surface area contributed by atoms with Crippen LogP contribution in [-0.4, -0.2) is 28.1 Å². The van der Waals surface area contributed by atoms with Crippen LogP contribution in [0.4, 0.5) is 13.2 Å². The molecular weight excluding hydrogens is 564 g/mol. The summed E-state index contributed by atoms with van der Waals surface area (Å²) >= 11 is 12.9. The zero-order chi connectivity index (χ0) is 29.2. The predicted molar refractivity (Wildman–Crippen MR) is 151 cm³/mol. The number of benzene rings is 3. The highest BCUT2D eigenvalue weighted by molar-refractivity contribution is 6.37. The van der Waals surface area contributed by atoms with Gasteiger partial charge in [-0.3, -0.25) is 9.59 Å². The molecule has 0 aliphatic rings.